The van der Waals surface area contributed by atoms with E-state index in [1.165, 1.54) is 12.8 Å². The second-order valence-corrected chi connectivity index (χ2v) is 9.72. The molecule has 0 bridgehead atoms. The van der Waals surface area contributed by atoms with Crippen molar-refractivity contribution in [1.82, 2.24) is 9.88 Å². The number of amides is 1. The quantitative estimate of drug-likeness (QED) is 0.696. The van der Waals surface area contributed by atoms with Crippen LogP contribution < -0.4 is 10.6 Å². The molecule has 162 valence electrons. The van der Waals surface area contributed by atoms with Crippen LogP contribution in [0.25, 0.3) is 0 Å². The molecule has 2 aliphatic heterocycles. The van der Waals surface area contributed by atoms with Crippen molar-refractivity contribution >= 4 is 35.0 Å². The zero-order chi connectivity index (χ0) is 21.1. The van der Waals surface area contributed by atoms with E-state index < -0.39 is 0 Å². The Kier molecular flexibility index (Phi) is 5.85. The Morgan fingerprint density at radius 1 is 1.16 bits per heavy atom. The van der Waals surface area contributed by atoms with Crippen LogP contribution in [-0.2, 0) is 4.79 Å². The molecular formula is C24H29N5OS. The molecule has 1 amide bonds. The predicted molar refractivity (Wildman–Crippen MR) is 127 cm³/mol. The Hall–Kier alpha value is -2.54. The third-order valence-corrected chi connectivity index (χ3v) is 7.46. The average Bonchev–Trinajstić information content (AvgIpc) is 3.32. The number of nitrogens with one attached hydrogen (secondary N) is 2. The van der Waals surface area contributed by atoms with Gasteiger partial charge in [-0.2, -0.15) is 0 Å². The number of benzene rings is 1. The standard InChI is InChI=1S/C24H29N5OS/c30-21(16-31-19-10-2-1-3-11-19)29-15-7-13-24(17-29)23(26-18-8-4-5-9-18)27-22-20(28-24)12-6-14-25-22/h1-3,6,10-12,14,18,28H,4-5,7-9,13,15-17H2,(H,25,26,27)/t24-/m1/s1. The van der Waals surface area contributed by atoms with Gasteiger partial charge in [-0.05, 0) is 49.9 Å². The van der Waals surface area contributed by atoms with Gasteiger partial charge < -0.3 is 15.5 Å². The second kappa shape index (κ2) is 8.91. The number of piperidine rings is 1. The van der Waals surface area contributed by atoms with Crippen molar-refractivity contribution in [3.63, 3.8) is 0 Å². The third kappa shape index (κ3) is 4.42. The van der Waals surface area contributed by atoms with Crippen molar-refractivity contribution in [3.05, 3.63) is 48.7 Å². The Bertz CT molecular complexity index is 959. The minimum absolute atomic E-state index is 0.187. The summed E-state index contributed by atoms with van der Waals surface area (Å²) in [5.41, 5.74) is 0.616. The Labute approximate surface area is 187 Å². The molecule has 1 aromatic carbocycles. The van der Waals surface area contributed by atoms with E-state index in [1.54, 1.807) is 18.0 Å². The molecular weight excluding hydrogens is 406 g/mol. The second-order valence-electron chi connectivity index (χ2n) is 8.67. The maximum atomic E-state index is 13.1. The number of pyridine rings is 1. The lowest BCUT2D eigenvalue weighted by molar-refractivity contribution is -0.129. The van der Waals surface area contributed by atoms with Gasteiger partial charge in [-0.25, -0.2) is 4.98 Å². The highest BCUT2D eigenvalue weighted by Gasteiger charge is 2.45. The number of anilines is 2. The summed E-state index contributed by atoms with van der Waals surface area (Å²) in [6.45, 7) is 1.43. The highest BCUT2D eigenvalue weighted by molar-refractivity contribution is 8.00. The number of aromatic nitrogens is 1. The zero-order valence-corrected chi connectivity index (χ0v) is 18.5. The first-order valence-electron chi connectivity index (χ1n) is 11.3. The van der Waals surface area contributed by atoms with Crippen molar-refractivity contribution < 1.29 is 4.79 Å². The SMILES string of the molecule is O=C(CSc1ccccc1)N1CCC[C@]2(C1)Nc1cccnc1NC2=NC1CCCC1. The van der Waals surface area contributed by atoms with Crippen molar-refractivity contribution in [1.29, 1.82) is 0 Å². The molecule has 5 rings (SSSR count). The van der Waals surface area contributed by atoms with Crippen LogP contribution in [0.2, 0.25) is 0 Å². The summed E-state index contributed by atoms with van der Waals surface area (Å²) in [4.78, 5) is 25.9. The van der Waals surface area contributed by atoms with E-state index in [0.717, 1.165) is 54.5 Å². The number of rotatable bonds is 4. The molecule has 31 heavy (non-hydrogen) atoms. The van der Waals surface area contributed by atoms with Crippen LogP contribution in [0.1, 0.15) is 38.5 Å². The fraction of sp³-hybridized carbons (Fsp3) is 0.458. The van der Waals surface area contributed by atoms with Gasteiger partial charge in [-0.1, -0.05) is 31.0 Å². The van der Waals surface area contributed by atoms with E-state index in [-0.39, 0.29) is 11.4 Å². The van der Waals surface area contributed by atoms with Gasteiger partial charge in [0, 0.05) is 17.6 Å². The molecule has 0 radical (unpaired) electrons. The van der Waals surface area contributed by atoms with Crippen LogP contribution >= 0.6 is 11.8 Å². The normalized spacial score (nSPS) is 24.6. The number of fused-ring (bicyclic) bond motifs is 1. The number of thioether (sulfide) groups is 1. The lowest BCUT2D eigenvalue weighted by atomic mass is 9.85. The summed E-state index contributed by atoms with van der Waals surface area (Å²) >= 11 is 1.61. The molecule has 3 heterocycles. The largest absolute Gasteiger partial charge is 0.368 e. The summed E-state index contributed by atoms with van der Waals surface area (Å²) in [5, 5.41) is 7.27. The maximum Gasteiger partial charge on any atom is 0.233 e. The first kappa shape index (κ1) is 20.4. The molecule has 1 saturated carbocycles. The summed E-state index contributed by atoms with van der Waals surface area (Å²) < 4.78 is 0. The number of amidine groups is 1. The van der Waals surface area contributed by atoms with Crippen LogP contribution in [0.5, 0.6) is 0 Å². The molecule has 2 N–H and O–H groups in total. The molecule has 0 unspecified atom stereocenters. The van der Waals surface area contributed by atoms with Crippen molar-refractivity contribution in [2.45, 2.75) is 55.0 Å². The minimum Gasteiger partial charge on any atom is -0.368 e. The van der Waals surface area contributed by atoms with Crippen LogP contribution in [0.3, 0.4) is 0 Å². The number of hydrogen-bond donors (Lipinski definition) is 2. The topological polar surface area (TPSA) is 69.6 Å². The zero-order valence-electron chi connectivity index (χ0n) is 17.7. The number of aliphatic imine (C=N–C) groups is 1. The minimum atomic E-state index is -0.371. The molecule has 6 nitrogen and oxygen atoms in total. The third-order valence-electron chi connectivity index (χ3n) is 6.46. The molecule has 1 atom stereocenters. The van der Waals surface area contributed by atoms with Gasteiger partial charge in [-0.15, -0.1) is 11.8 Å². The van der Waals surface area contributed by atoms with E-state index in [0.29, 0.717) is 18.3 Å². The average molecular weight is 436 g/mol. The number of carbonyl (C=O) groups is 1. The maximum absolute atomic E-state index is 13.1. The summed E-state index contributed by atoms with van der Waals surface area (Å²) in [6.07, 6.45) is 8.50. The number of likely N-dealkylation sites (tertiary alicyclic amines) is 1. The van der Waals surface area contributed by atoms with Gasteiger partial charge in [0.05, 0.1) is 24.0 Å². The van der Waals surface area contributed by atoms with E-state index in [1.807, 2.05) is 29.2 Å². The van der Waals surface area contributed by atoms with E-state index in [9.17, 15) is 4.79 Å². The monoisotopic (exact) mass is 435 g/mol. The highest BCUT2D eigenvalue weighted by atomic mass is 32.2. The van der Waals surface area contributed by atoms with Crippen molar-refractivity contribution in [2.24, 2.45) is 4.99 Å². The lowest BCUT2D eigenvalue weighted by Gasteiger charge is -2.47. The van der Waals surface area contributed by atoms with Gasteiger partial charge in [-0.3, -0.25) is 9.79 Å². The molecule has 7 heteroatoms. The van der Waals surface area contributed by atoms with Gasteiger partial charge in [0.25, 0.3) is 0 Å². The Balaban J connectivity index is 1.37. The Morgan fingerprint density at radius 2 is 2.00 bits per heavy atom. The van der Waals surface area contributed by atoms with E-state index in [4.69, 9.17) is 4.99 Å². The number of nitrogens with zero attached hydrogens (tertiary/aromatic N) is 3. The molecule has 2 aromatic rings. The number of carbonyl (C=O) groups excluding carboxylic acids is 1. The molecule has 1 aliphatic carbocycles. The Morgan fingerprint density at radius 3 is 2.84 bits per heavy atom. The highest BCUT2D eigenvalue weighted by Crippen LogP contribution is 2.36. The summed E-state index contributed by atoms with van der Waals surface area (Å²) in [7, 11) is 0. The molecule has 1 aromatic heterocycles. The van der Waals surface area contributed by atoms with Crippen LogP contribution in [0, 0.1) is 0 Å². The molecule has 1 saturated heterocycles. The van der Waals surface area contributed by atoms with Crippen molar-refractivity contribution in [2.75, 3.05) is 29.5 Å². The van der Waals surface area contributed by atoms with Gasteiger partial charge >= 0.3 is 0 Å². The van der Waals surface area contributed by atoms with Crippen LogP contribution in [-0.4, -0.2) is 52.0 Å². The van der Waals surface area contributed by atoms with Crippen molar-refractivity contribution in [3.8, 4) is 0 Å². The smallest absolute Gasteiger partial charge is 0.233 e. The van der Waals surface area contributed by atoms with Gasteiger partial charge in [0.2, 0.25) is 5.91 Å². The van der Waals surface area contributed by atoms with Gasteiger partial charge in [0.1, 0.15) is 11.4 Å². The van der Waals surface area contributed by atoms with Crippen LogP contribution in [0.15, 0.2) is 58.5 Å². The first-order valence-corrected chi connectivity index (χ1v) is 12.2. The fourth-order valence-electron chi connectivity index (χ4n) is 4.84. The lowest BCUT2D eigenvalue weighted by Crippen LogP contribution is -2.63. The van der Waals surface area contributed by atoms with Gasteiger partial charge in [0.15, 0.2) is 5.82 Å². The molecule has 2 fully saturated rings. The fourth-order valence-corrected chi connectivity index (χ4v) is 5.67. The summed E-state index contributed by atoms with van der Waals surface area (Å²) in [5.74, 6) is 2.43. The predicted octanol–water partition coefficient (Wildman–Crippen LogP) is 4.41. The van der Waals surface area contributed by atoms with Crippen LogP contribution in [0.4, 0.5) is 11.5 Å². The summed E-state index contributed by atoms with van der Waals surface area (Å²) in [6, 6.07) is 14.5. The number of hydrogen-bond acceptors (Lipinski definition) is 5. The molecule has 3 aliphatic rings. The first-order chi connectivity index (χ1) is 15.2. The van der Waals surface area contributed by atoms with E-state index in [2.05, 4.69) is 33.8 Å². The molecule has 1 spiro atoms. The van der Waals surface area contributed by atoms with E-state index >= 15 is 0 Å².